The normalized spacial score (nSPS) is 10.3. The van der Waals surface area contributed by atoms with Crippen LogP contribution in [-0.4, -0.2) is 12.5 Å². The average molecular weight is 290 g/mol. The summed E-state index contributed by atoms with van der Waals surface area (Å²) in [7, 11) is 0. The van der Waals surface area contributed by atoms with Crippen molar-refractivity contribution in [2.45, 2.75) is 13.8 Å². The molecule has 0 bridgehead atoms. The van der Waals surface area contributed by atoms with Gasteiger partial charge in [-0.25, -0.2) is 8.78 Å². The van der Waals surface area contributed by atoms with Crippen LogP contribution in [0.3, 0.4) is 0 Å². The monoisotopic (exact) mass is 290 g/mol. The third-order valence-corrected chi connectivity index (χ3v) is 2.97. The third kappa shape index (κ3) is 4.27. The van der Waals surface area contributed by atoms with Crippen LogP contribution in [0, 0.1) is 25.5 Å². The van der Waals surface area contributed by atoms with Crippen molar-refractivity contribution in [1.29, 1.82) is 0 Å². The van der Waals surface area contributed by atoms with E-state index in [9.17, 15) is 13.6 Å². The van der Waals surface area contributed by atoms with Gasteiger partial charge in [-0.15, -0.1) is 0 Å². The summed E-state index contributed by atoms with van der Waals surface area (Å²) >= 11 is 0. The Morgan fingerprint density at radius 3 is 2.33 bits per heavy atom. The maximum Gasteiger partial charge on any atom is 0.243 e. The van der Waals surface area contributed by atoms with Crippen molar-refractivity contribution in [2.24, 2.45) is 0 Å². The molecule has 0 heterocycles. The lowest BCUT2D eigenvalue weighted by Gasteiger charge is -2.10. The zero-order chi connectivity index (χ0) is 15.4. The van der Waals surface area contributed by atoms with E-state index >= 15 is 0 Å². The molecule has 0 aliphatic carbocycles. The maximum atomic E-state index is 13.0. The molecule has 21 heavy (non-hydrogen) atoms. The summed E-state index contributed by atoms with van der Waals surface area (Å²) in [4.78, 5) is 11.8. The van der Waals surface area contributed by atoms with Crippen LogP contribution < -0.4 is 10.6 Å². The summed E-state index contributed by atoms with van der Waals surface area (Å²) in [5, 5.41) is 5.43. The van der Waals surface area contributed by atoms with Crippen LogP contribution in [0.25, 0.3) is 0 Å². The lowest BCUT2D eigenvalue weighted by Crippen LogP contribution is -2.22. The fourth-order valence-corrected chi connectivity index (χ4v) is 2.02. The van der Waals surface area contributed by atoms with Crippen molar-refractivity contribution in [3.63, 3.8) is 0 Å². The molecule has 0 spiro atoms. The van der Waals surface area contributed by atoms with E-state index < -0.39 is 11.6 Å². The lowest BCUT2D eigenvalue weighted by atomic mass is 10.1. The SMILES string of the molecule is Cc1ccc(NCC(=O)Nc2cc(F)cc(F)c2)c(C)c1. The molecular weight excluding hydrogens is 274 g/mol. The van der Waals surface area contributed by atoms with Crippen LogP contribution in [0.2, 0.25) is 0 Å². The Hall–Kier alpha value is -2.43. The van der Waals surface area contributed by atoms with Crippen LogP contribution in [0.1, 0.15) is 11.1 Å². The van der Waals surface area contributed by atoms with Crippen molar-refractivity contribution >= 4 is 17.3 Å². The van der Waals surface area contributed by atoms with Crippen molar-refractivity contribution in [3.05, 3.63) is 59.2 Å². The fraction of sp³-hybridized carbons (Fsp3) is 0.188. The Balaban J connectivity index is 1.95. The van der Waals surface area contributed by atoms with Gasteiger partial charge >= 0.3 is 0 Å². The van der Waals surface area contributed by atoms with E-state index in [0.717, 1.165) is 35.0 Å². The Labute approximate surface area is 122 Å². The number of hydrogen-bond donors (Lipinski definition) is 2. The minimum absolute atomic E-state index is 0.0159. The van der Waals surface area contributed by atoms with E-state index in [-0.39, 0.29) is 18.1 Å². The highest BCUT2D eigenvalue weighted by molar-refractivity contribution is 5.93. The Morgan fingerprint density at radius 2 is 1.71 bits per heavy atom. The summed E-state index contributed by atoms with van der Waals surface area (Å²) in [6.45, 7) is 3.94. The van der Waals surface area contributed by atoms with Gasteiger partial charge in [-0.2, -0.15) is 0 Å². The zero-order valence-electron chi connectivity index (χ0n) is 11.8. The number of benzene rings is 2. The van der Waals surface area contributed by atoms with Crippen LogP contribution >= 0.6 is 0 Å². The molecule has 0 fully saturated rings. The zero-order valence-corrected chi connectivity index (χ0v) is 11.8. The minimum atomic E-state index is -0.729. The van der Waals surface area contributed by atoms with Crippen LogP contribution in [0.4, 0.5) is 20.2 Å². The number of anilines is 2. The molecule has 0 radical (unpaired) electrons. The molecule has 0 aromatic heterocycles. The predicted octanol–water partition coefficient (Wildman–Crippen LogP) is 3.63. The van der Waals surface area contributed by atoms with E-state index in [0.29, 0.717) is 0 Å². The van der Waals surface area contributed by atoms with Gasteiger partial charge in [0.25, 0.3) is 0 Å². The van der Waals surface area contributed by atoms with E-state index in [4.69, 9.17) is 0 Å². The third-order valence-electron chi connectivity index (χ3n) is 2.97. The molecule has 1 amide bonds. The molecular formula is C16H16F2N2O. The molecule has 0 saturated heterocycles. The number of aryl methyl sites for hydroxylation is 2. The number of halogens is 2. The van der Waals surface area contributed by atoms with Gasteiger partial charge in [0.2, 0.25) is 5.91 Å². The molecule has 0 unspecified atom stereocenters. The molecule has 2 aromatic rings. The summed E-state index contributed by atoms with van der Waals surface area (Å²) in [6.07, 6.45) is 0. The number of amides is 1. The first-order chi connectivity index (χ1) is 9.94. The molecule has 0 atom stereocenters. The van der Waals surface area contributed by atoms with E-state index in [2.05, 4.69) is 10.6 Å². The van der Waals surface area contributed by atoms with Gasteiger partial charge in [0.1, 0.15) is 11.6 Å². The Morgan fingerprint density at radius 1 is 1.05 bits per heavy atom. The molecule has 0 aliphatic rings. The van der Waals surface area contributed by atoms with Crippen LogP contribution in [0.15, 0.2) is 36.4 Å². The molecule has 3 nitrogen and oxygen atoms in total. The first-order valence-corrected chi connectivity index (χ1v) is 6.51. The quantitative estimate of drug-likeness (QED) is 0.902. The van der Waals surface area contributed by atoms with Crippen LogP contribution in [0.5, 0.6) is 0 Å². The second-order valence-corrected chi connectivity index (χ2v) is 4.88. The molecule has 0 saturated carbocycles. The highest BCUT2D eigenvalue weighted by atomic mass is 19.1. The summed E-state index contributed by atoms with van der Waals surface area (Å²) < 4.78 is 26.0. The van der Waals surface area contributed by atoms with Gasteiger partial charge in [0, 0.05) is 17.4 Å². The molecule has 2 aromatic carbocycles. The second-order valence-electron chi connectivity index (χ2n) is 4.88. The molecule has 2 N–H and O–H groups in total. The molecule has 2 rings (SSSR count). The van der Waals surface area contributed by atoms with Crippen molar-refractivity contribution in [3.8, 4) is 0 Å². The summed E-state index contributed by atoms with van der Waals surface area (Å²) in [6, 6.07) is 8.72. The van der Waals surface area contributed by atoms with Gasteiger partial charge in [-0.1, -0.05) is 17.7 Å². The van der Waals surface area contributed by atoms with Crippen molar-refractivity contribution in [2.75, 3.05) is 17.2 Å². The number of hydrogen-bond acceptors (Lipinski definition) is 2. The van der Waals surface area contributed by atoms with E-state index in [1.165, 1.54) is 0 Å². The van der Waals surface area contributed by atoms with E-state index in [1.807, 2.05) is 32.0 Å². The van der Waals surface area contributed by atoms with Gasteiger partial charge in [-0.05, 0) is 37.6 Å². The number of rotatable bonds is 4. The Kier molecular flexibility index (Phi) is 4.52. The summed E-state index contributed by atoms with van der Waals surface area (Å²) in [5.41, 5.74) is 3.11. The van der Waals surface area contributed by atoms with Gasteiger partial charge in [0.05, 0.1) is 6.54 Å². The van der Waals surface area contributed by atoms with Crippen LogP contribution in [-0.2, 0) is 4.79 Å². The van der Waals surface area contributed by atoms with Crippen molar-refractivity contribution < 1.29 is 13.6 Å². The highest BCUT2D eigenvalue weighted by Crippen LogP contribution is 2.16. The number of carbonyl (C=O) groups excluding carboxylic acids is 1. The smallest absolute Gasteiger partial charge is 0.243 e. The average Bonchev–Trinajstić information content (AvgIpc) is 2.36. The van der Waals surface area contributed by atoms with Gasteiger partial charge in [0.15, 0.2) is 0 Å². The lowest BCUT2D eigenvalue weighted by molar-refractivity contribution is -0.114. The first kappa shape index (κ1) is 15.0. The predicted molar refractivity (Wildman–Crippen MR) is 79.4 cm³/mol. The molecule has 0 aliphatic heterocycles. The molecule has 5 heteroatoms. The number of carbonyl (C=O) groups is 1. The topological polar surface area (TPSA) is 41.1 Å². The number of nitrogens with one attached hydrogen (secondary N) is 2. The van der Waals surface area contributed by atoms with E-state index in [1.54, 1.807) is 0 Å². The highest BCUT2D eigenvalue weighted by Gasteiger charge is 2.06. The maximum absolute atomic E-state index is 13.0. The largest absolute Gasteiger partial charge is 0.376 e. The second kappa shape index (κ2) is 6.35. The summed E-state index contributed by atoms with van der Waals surface area (Å²) in [5.74, 6) is -1.83. The first-order valence-electron chi connectivity index (χ1n) is 6.51. The van der Waals surface area contributed by atoms with Gasteiger partial charge < -0.3 is 10.6 Å². The standard InChI is InChI=1S/C16H16F2N2O/c1-10-3-4-15(11(2)5-10)19-9-16(21)20-14-7-12(17)6-13(18)8-14/h3-8,19H,9H2,1-2H3,(H,20,21). The van der Waals surface area contributed by atoms with Crippen molar-refractivity contribution in [1.82, 2.24) is 0 Å². The Bertz CT molecular complexity index is 651. The van der Waals surface area contributed by atoms with Gasteiger partial charge in [-0.3, -0.25) is 4.79 Å². The molecule has 110 valence electrons. The minimum Gasteiger partial charge on any atom is -0.376 e. The fourth-order valence-electron chi connectivity index (χ4n) is 2.02.